The van der Waals surface area contributed by atoms with E-state index in [-0.39, 0.29) is 30.0 Å². The van der Waals surface area contributed by atoms with E-state index in [1.54, 1.807) is 35.1 Å². The minimum absolute atomic E-state index is 0.00382. The van der Waals surface area contributed by atoms with Gasteiger partial charge in [-0.25, -0.2) is 8.42 Å². The molecule has 0 aliphatic carbocycles. The molecule has 1 N–H and O–H groups in total. The van der Waals surface area contributed by atoms with Gasteiger partial charge in [0.05, 0.1) is 38.4 Å². The van der Waals surface area contributed by atoms with Gasteiger partial charge in [0.15, 0.2) is 6.79 Å². The third-order valence-electron chi connectivity index (χ3n) is 7.25. The van der Waals surface area contributed by atoms with Crippen molar-refractivity contribution in [2.45, 2.75) is 6.42 Å². The minimum atomic E-state index is -3.61. The Kier molecular flexibility index (Phi) is 9.61. The second-order valence-corrected chi connectivity index (χ2v) is 12.0. The average Bonchev–Trinajstić information content (AvgIpc) is 3.01. The highest BCUT2D eigenvalue weighted by Gasteiger charge is 2.27. The number of fused-ring (bicyclic) bond motifs is 1. The van der Waals surface area contributed by atoms with Crippen LogP contribution in [0.2, 0.25) is 0 Å². The van der Waals surface area contributed by atoms with Crippen molar-refractivity contribution in [2.75, 3.05) is 75.8 Å². The van der Waals surface area contributed by atoms with Crippen LogP contribution in [0.15, 0.2) is 60.7 Å². The summed E-state index contributed by atoms with van der Waals surface area (Å²) in [5.41, 5.74) is 4.80. The lowest BCUT2D eigenvalue weighted by Gasteiger charge is -2.29. The molecule has 0 atom stereocenters. The van der Waals surface area contributed by atoms with E-state index in [9.17, 15) is 18.0 Å². The summed E-state index contributed by atoms with van der Waals surface area (Å²) in [7, 11) is -2.05. The summed E-state index contributed by atoms with van der Waals surface area (Å²) in [6.07, 6.45) is 1.66. The molecule has 0 aromatic heterocycles. The Morgan fingerprint density at radius 3 is 2.42 bits per heavy atom. The third-order valence-corrected chi connectivity index (χ3v) is 7.84. The maximum Gasteiger partial charge on any atom is 0.258 e. The summed E-state index contributed by atoms with van der Waals surface area (Å²) in [4.78, 5) is 29.8. The molecular formula is C31H35N3O8S. The zero-order chi connectivity index (χ0) is 30.4. The number of hydrogen-bond acceptors (Lipinski definition) is 8. The number of methoxy groups -OCH3 is 1. The number of morpholine rings is 1. The molecule has 0 radical (unpaired) electrons. The van der Waals surface area contributed by atoms with Crippen molar-refractivity contribution < 1.29 is 37.0 Å². The van der Waals surface area contributed by atoms with Crippen LogP contribution in [0.4, 0.5) is 11.4 Å². The minimum Gasteiger partial charge on any atom is -0.465 e. The van der Waals surface area contributed by atoms with Crippen LogP contribution in [-0.4, -0.2) is 91.4 Å². The molecule has 2 aliphatic heterocycles. The van der Waals surface area contributed by atoms with E-state index >= 15 is 0 Å². The molecule has 1 saturated heterocycles. The Morgan fingerprint density at radius 1 is 0.953 bits per heavy atom. The number of ether oxygens (including phenoxy) is 4. The molecule has 0 spiro atoms. The Labute approximate surface area is 251 Å². The van der Waals surface area contributed by atoms with E-state index in [2.05, 4.69) is 4.72 Å². The summed E-state index contributed by atoms with van der Waals surface area (Å²) in [5.74, 6) is 0.0933. The number of rotatable bonds is 11. The van der Waals surface area contributed by atoms with Gasteiger partial charge in [0.1, 0.15) is 5.75 Å². The zero-order valence-electron chi connectivity index (χ0n) is 24.2. The van der Waals surface area contributed by atoms with Crippen LogP contribution in [0.1, 0.15) is 26.3 Å². The molecule has 3 aromatic carbocycles. The fourth-order valence-corrected chi connectivity index (χ4v) is 5.63. The summed E-state index contributed by atoms with van der Waals surface area (Å²) in [6.45, 7) is 3.35. The maximum atomic E-state index is 13.6. The monoisotopic (exact) mass is 609 g/mol. The summed E-state index contributed by atoms with van der Waals surface area (Å²) in [6, 6.07) is 18.2. The highest BCUT2D eigenvalue weighted by molar-refractivity contribution is 7.92. The van der Waals surface area contributed by atoms with Gasteiger partial charge in [-0.3, -0.25) is 14.3 Å². The van der Waals surface area contributed by atoms with Crippen LogP contribution in [0.5, 0.6) is 5.75 Å². The summed E-state index contributed by atoms with van der Waals surface area (Å²) >= 11 is 0. The highest BCUT2D eigenvalue weighted by atomic mass is 32.2. The first-order valence-corrected chi connectivity index (χ1v) is 15.9. The van der Waals surface area contributed by atoms with Gasteiger partial charge >= 0.3 is 0 Å². The predicted octanol–water partition coefficient (Wildman–Crippen LogP) is 3.40. The van der Waals surface area contributed by atoms with E-state index in [1.807, 2.05) is 42.5 Å². The first kappa shape index (κ1) is 30.5. The van der Waals surface area contributed by atoms with Crippen molar-refractivity contribution in [3.63, 3.8) is 0 Å². The van der Waals surface area contributed by atoms with Crippen LogP contribution in [0, 0.1) is 0 Å². The number of hydrogen-bond donors (Lipinski definition) is 1. The Hall–Kier alpha value is -3.97. The fourth-order valence-electron chi connectivity index (χ4n) is 5.07. The number of benzene rings is 3. The van der Waals surface area contributed by atoms with E-state index < -0.39 is 10.0 Å². The normalized spacial score (nSPS) is 15.3. The van der Waals surface area contributed by atoms with Crippen LogP contribution in [0.3, 0.4) is 0 Å². The van der Waals surface area contributed by atoms with Crippen molar-refractivity contribution in [1.29, 1.82) is 0 Å². The van der Waals surface area contributed by atoms with Gasteiger partial charge < -0.3 is 28.7 Å². The molecule has 11 nitrogen and oxygen atoms in total. The Bertz CT molecular complexity index is 1570. The lowest BCUT2D eigenvalue weighted by Crippen LogP contribution is -2.40. The number of sulfonamides is 1. The molecular weight excluding hydrogens is 574 g/mol. The lowest BCUT2D eigenvalue weighted by atomic mass is 9.93. The molecule has 0 saturated carbocycles. The van der Waals surface area contributed by atoms with Crippen molar-refractivity contribution in [3.05, 3.63) is 77.4 Å². The van der Waals surface area contributed by atoms with Crippen molar-refractivity contribution in [2.24, 2.45) is 0 Å². The second-order valence-electron chi connectivity index (χ2n) is 10.3. The lowest BCUT2D eigenvalue weighted by molar-refractivity contribution is -0.00814. The molecule has 2 heterocycles. The van der Waals surface area contributed by atoms with E-state index in [0.717, 1.165) is 22.9 Å². The third kappa shape index (κ3) is 7.52. The Morgan fingerprint density at radius 2 is 1.70 bits per heavy atom. The van der Waals surface area contributed by atoms with E-state index in [4.69, 9.17) is 18.9 Å². The number of anilines is 2. The van der Waals surface area contributed by atoms with Crippen LogP contribution >= 0.6 is 0 Å². The first-order valence-electron chi connectivity index (χ1n) is 14.0. The van der Waals surface area contributed by atoms with E-state index in [1.165, 1.54) is 0 Å². The number of carbonyl (C=O) groups is 2. The van der Waals surface area contributed by atoms with Crippen molar-refractivity contribution in [1.82, 2.24) is 4.90 Å². The first-order chi connectivity index (χ1) is 20.7. The van der Waals surface area contributed by atoms with Gasteiger partial charge in [-0.05, 0) is 59.5 Å². The molecule has 0 unspecified atom stereocenters. The number of nitrogens with zero attached hydrogens (tertiary/aromatic N) is 2. The highest BCUT2D eigenvalue weighted by Crippen LogP contribution is 2.34. The standard InChI is InChI=1S/C31H35N3O8S/c1-39-17-18-41-21-42-29-10-8-26(20-28(29)32-43(2,37)38)34-12-11-25-19-24(7-9-27(25)31(34)36)22-3-5-23(6-4-22)30(35)33-13-15-40-16-14-33/h3-10,19-20,32H,11-18,21H2,1-2H3. The van der Waals surface area contributed by atoms with Gasteiger partial charge in [0.2, 0.25) is 10.0 Å². The zero-order valence-corrected chi connectivity index (χ0v) is 25.0. The van der Waals surface area contributed by atoms with Gasteiger partial charge in [0.25, 0.3) is 11.8 Å². The van der Waals surface area contributed by atoms with Gasteiger partial charge in [-0.1, -0.05) is 24.3 Å². The predicted molar refractivity (Wildman–Crippen MR) is 162 cm³/mol. The number of amides is 2. The second kappa shape index (κ2) is 13.6. The molecule has 1 fully saturated rings. The largest absolute Gasteiger partial charge is 0.465 e. The summed E-state index contributed by atoms with van der Waals surface area (Å²) in [5, 5.41) is 0. The molecule has 3 aromatic rings. The summed E-state index contributed by atoms with van der Waals surface area (Å²) < 4.78 is 47.8. The maximum absolute atomic E-state index is 13.6. The SMILES string of the molecule is COCCOCOc1ccc(N2CCc3cc(-c4ccc(C(=O)N5CCOCC5)cc4)ccc3C2=O)cc1NS(C)(=O)=O. The molecule has 228 valence electrons. The van der Waals surface area contributed by atoms with Gasteiger partial charge in [-0.2, -0.15) is 0 Å². The number of carbonyl (C=O) groups excluding carboxylic acids is 2. The topological polar surface area (TPSA) is 124 Å². The van der Waals surface area contributed by atoms with Gasteiger partial charge in [0, 0.05) is 43.6 Å². The van der Waals surface area contributed by atoms with Crippen LogP contribution < -0.4 is 14.4 Å². The molecule has 2 amide bonds. The van der Waals surface area contributed by atoms with Crippen molar-refractivity contribution in [3.8, 4) is 16.9 Å². The van der Waals surface area contributed by atoms with Gasteiger partial charge in [-0.15, -0.1) is 0 Å². The molecule has 0 bridgehead atoms. The molecule has 2 aliphatic rings. The van der Waals surface area contributed by atoms with Crippen molar-refractivity contribution >= 4 is 33.2 Å². The smallest absolute Gasteiger partial charge is 0.258 e. The quantitative estimate of drug-likeness (QED) is 0.259. The van der Waals surface area contributed by atoms with E-state index in [0.29, 0.717) is 69.3 Å². The Balaban J connectivity index is 1.31. The van der Waals surface area contributed by atoms with Crippen LogP contribution in [0.25, 0.3) is 11.1 Å². The molecule has 12 heteroatoms. The molecule has 43 heavy (non-hydrogen) atoms. The fraction of sp³-hybridized carbons (Fsp3) is 0.355. The average molecular weight is 610 g/mol. The molecule has 5 rings (SSSR count). The number of nitrogens with one attached hydrogen (secondary N) is 1. The van der Waals surface area contributed by atoms with Crippen LogP contribution in [-0.2, 0) is 30.7 Å².